The van der Waals surface area contributed by atoms with E-state index in [-0.39, 0.29) is 51.0 Å². The zero-order valence-corrected chi connectivity index (χ0v) is 65.8. The molecule has 10 fully saturated rings. The average Bonchev–Trinajstić information content (AvgIpc) is 1.57. The molecule has 109 heavy (non-hydrogen) atoms. The van der Waals surface area contributed by atoms with Gasteiger partial charge in [-0.15, -0.1) is 13.2 Å². The maximum absolute atomic E-state index is 14.6. The Labute approximate surface area is 646 Å². The van der Waals surface area contributed by atoms with Gasteiger partial charge in [0.05, 0.1) is 33.6 Å². The standard InChI is InChI=1S/C39H50ClN5O8S.C32H39ClN4O7.C7H13NO2S/c1-5-24-21-39(24,35(48)44-54(50,51)38(15-16-38)20-23-10-11-23)43-33(46)30-19-27(52-31-14-17-41-29-18-25(40)12-13-28(29)31)22-45(30)34(47)32(37(2,3)4)42-36(49)53-26-8-6-7-9-26;1-5-18-16-32(18,29(40)41)36-27(38)24-15-21(43-25-12-13-34-23-14-19(33)10-11-22(23)25)17-37(24)28(39)26(31(2,3)4)35-30(42)44-20-8-6-7-9-20;8-11(9,10)7(3-4-7)5-6-1-2-6/h5,12-14,17-18,23-24,26-27,30,32H,1,6-11,15-16,19-22H2,2-4H3,(H,42,49)(H,43,46)(H,44,48);5,10-14,18,20-21,24,26H,1,6-9,15-17H2,2-4H3,(H,35,42)(H,36,38)(H,40,41);6H,1-5H2,(H2,8,9,10)/t24-,27-,30+,32-,39-;18-,21-,24+,26-,32-;/m11./s1. The number of carbonyl (C=O) groups is 8. The van der Waals surface area contributed by atoms with E-state index in [1.54, 1.807) is 60.9 Å². The first-order valence-corrected chi connectivity index (χ1v) is 41.9. The summed E-state index contributed by atoms with van der Waals surface area (Å²) < 4.78 is 74.1. The minimum atomic E-state index is -4.00. The van der Waals surface area contributed by atoms with Crippen LogP contribution < -0.4 is 40.6 Å². The third-order valence-corrected chi connectivity index (χ3v) is 27.7. The van der Waals surface area contributed by atoms with Crippen molar-refractivity contribution in [2.75, 3.05) is 13.1 Å². The van der Waals surface area contributed by atoms with Gasteiger partial charge in [0.15, 0.2) is 0 Å². The summed E-state index contributed by atoms with van der Waals surface area (Å²) in [7, 11) is -7.25. The monoisotopic (exact) mass is 1580 g/mol. The van der Waals surface area contributed by atoms with Gasteiger partial charge in [-0.1, -0.05) is 103 Å². The van der Waals surface area contributed by atoms with Crippen LogP contribution in [0.1, 0.15) is 183 Å². The SMILES string of the molecule is C=C[C@@H]1C[C@]1(NC(=O)[C@@H]1C[C@@H](Oc2ccnc3cc(Cl)ccc23)CN1C(=O)[C@@H](NC(=O)OC1CCCC1)C(C)(C)C)C(=O)NS(=O)(=O)C1(CC2CC2)CC1.C=C[C@@H]1C[C@]1(NC(=O)[C@@H]1C[C@@H](Oc2ccnc3cc(Cl)ccc23)CN1C(=O)[C@@H](NC(=O)OC1CCCC1)C(C)(C)C)C(=O)O.NS(=O)(=O)C1(CC2CC2)CC1. The topological polar surface area (TPSA) is 380 Å². The number of nitrogens with two attached hydrogens (primary N) is 1. The molecule has 2 aliphatic heterocycles. The molecule has 8 N–H and O–H groups in total. The number of nitrogens with zero attached hydrogens (tertiary/aromatic N) is 4. The highest BCUT2D eigenvalue weighted by Gasteiger charge is 2.65. The number of amides is 7. The number of alkyl carbamates (subject to hydrolysis) is 2. The number of fused-ring (bicyclic) bond motifs is 2. The van der Waals surface area contributed by atoms with Crippen molar-refractivity contribution in [1.29, 1.82) is 0 Å². The third-order valence-electron chi connectivity index (χ3n) is 23.3. The number of aliphatic carboxylic acids is 1. The first-order valence-electron chi connectivity index (χ1n) is 38.1. The first kappa shape index (κ1) is 80.7. The number of halogens is 2. The summed E-state index contributed by atoms with van der Waals surface area (Å²) in [5, 5.41) is 28.5. The second-order valence-electron chi connectivity index (χ2n) is 33.9. The summed E-state index contributed by atoms with van der Waals surface area (Å²) in [6, 6.07) is 9.57. The van der Waals surface area contributed by atoms with Crippen LogP contribution in [0.5, 0.6) is 11.5 Å². The van der Waals surface area contributed by atoms with E-state index in [1.807, 2.05) is 41.5 Å². The van der Waals surface area contributed by atoms with Crippen LogP contribution in [0.25, 0.3) is 21.8 Å². The fourth-order valence-corrected chi connectivity index (χ4v) is 19.1. The molecule has 10 atom stereocenters. The number of ether oxygens (including phenoxy) is 4. The normalized spacial score (nSPS) is 26.5. The second-order valence-corrected chi connectivity index (χ2v) is 38.8. The highest BCUT2D eigenvalue weighted by Crippen LogP contribution is 2.55. The Morgan fingerprint density at radius 2 is 0.991 bits per heavy atom. The number of pyridine rings is 2. The zero-order chi connectivity index (χ0) is 78.6. The molecule has 8 aliphatic carbocycles. The molecule has 0 spiro atoms. The van der Waals surface area contributed by atoms with Gasteiger partial charge in [-0.2, -0.15) is 0 Å². The molecule has 592 valence electrons. The second kappa shape index (κ2) is 31.4. The molecule has 8 saturated carbocycles. The lowest BCUT2D eigenvalue weighted by molar-refractivity contribution is -0.146. The number of sulfonamides is 2. The number of aromatic nitrogens is 2. The molecule has 0 radical (unpaired) electrons. The van der Waals surface area contributed by atoms with Crippen LogP contribution >= 0.6 is 23.2 Å². The summed E-state index contributed by atoms with van der Waals surface area (Å²) in [4.78, 5) is 120. The number of likely N-dealkylation sites (tertiary alicyclic amines) is 2. The quantitative estimate of drug-likeness (QED) is 0.0303. The van der Waals surface area contributed by atoms with Gasteiger partial charge in [-0.3, -0.25) is 38.7 Å². The molecule has 2 saturated heterocycles. The average molecular weight is 1590 g/mol. The maximum atomic E-state index is 14.6. The largest absolute Gasteiger partial charge is 0.488 e. The van der Waals surface area contributed by atoms with Gasteiger partial charge in [0.25, 0.3) is 5.91 Å². The lowest BCUT2D eigenvalue weighted by atomic mass is 9.85. The third kappa shape index (κ3) is 18.4. The number of carboxylic acids is 1. The molecule has 2 aromatic carbocycles. The van der Waals surface area contributed by atoms with Crippen LogP contribution in [0.2, 0.25) is 10.0 Å². The van der Waals surface area contributed by atoms with Gasteiger partial charge in [0.2, 0.25) is 43.7 Å². The summed E-state index contributed by atoms with van der Waals surface area (Å²) in [5.41, 5.74) is -3.32. The van der Waals surface area contributed by atoms with Crippen molar-refractivity contribution < 1.29 is 79.2 Å². The van der Waals surface area contributed by atoms with Gasteiger partial charge < -0.3 is 55.1 Å². The van der Waals surface area contributed by atoms with Crippen LogP contribution in [-0.4, -0.2) is 172 Å². The molecule has 31 heteroatoms. The Morgan fingerprint density at radius 1 is 0.596 bits per heavy atom. The number of carboxylic acid groups (broad SMARTS) is 1. The number of rotatable bonds is 25. The van der Waals surface area contributed by atoms with E-state index in [4.69, 9.17) is 47.3 Å². The lowest BCUT2D eigenvalue weighted by Crippen LogP contribution is -2.60. The summed E-state index contributed by atoms with van der Waals surface area (Å²) >= 11 is 12.3. The highest BCUT2D eigenvalue weighted by atomic mass is 35.5. The van der Waals surface area contributed by atoms with Gasteiger partial charge in [0.1, 0.15) is 71.2 Å². The first-order chi connectivity index (χ1) is 51.4. The van der Waals surface area contributed by atoms with Crippen LogP contribution in [-0.2, 0) is 58.3 Å². The van der Waals surface area contributed by atoms with Gasteiger partial charge in [-0.05, 0) is 174 Å². The predicted molar refractivity (Wildman–Crippen MR) is 408 cm³/mol. The minimum Gasteiger partial charge on any atom is -0.488 e. The van der Waals surface area contributed by atoms with E-state index in [1.165, 1.54) is 34.8 Å². The molecular weight excluding hydrogens is 1480 g/mol. The number of carbonyl (C=O) groups excluding carboxylic acids is 7. The molecule has 0 bridgehead atoms. The number of hydrogen-bond acceptors (Lipinski definition) is 18. The van der Waals surface area contributed by atoms with Gasteiger partial charge >= 0.3 is 18.2 Å². The molecule has 10 aliphatic rings. The zero-order valence-electron chi connectivity index (χ0n) is 62.7. The maximum Gasteiger partial charge on any atom is 0.408 e. The smallest absolute Gasteiger partial charge is 0.408 e. The predicted octanol–water partition coefficient (Wildman–Crippen LogP) is 10.2. The number of hydrogen-bond donors (Lipinski definition) is 7. The molecule has 4 heterocycles. The molecule has 7 amide bonds. The van der Waals surface area contributed by atoms with Crippen molar-refractivity contribution in [2.45, 2.75) is 252 Å². The molecule has 0 unspecified atom stereocenters. The van der Waals surface area contributed by atoms with Crippen molar-refractivity contribution in [2.24, 2.45) is 39.6 Å². The highest BCUT2D eigenvalue weighted by molar-refractivity contribution is 7.91. The van der Waals surface area contributed by atoms with E-state index in [9.17, 15) is 60.3 Å². The van der Waals surface area contributed by atoms with Crippen LogP contribution in [0, 0.1) is 34.5 Å². The lowest BCUT2D eigenvalue weighted by Gasteiger charge is -2.35. The van der Waals surface area contributed by atoms with E-state index < -0.39 is 147 Å². The Kier molecular flexibility index (Phi) is 23.2. The Bertz CT molecular complexity index is 4450. The molecule has 4 aromatic rings. The van der Waals surface area contributed by atoms with E-state index >= 15 is 0 Å². The molecule has 14 rings (SSSR count). The Morgan fingerprint density at radius 3 is 1.35 bits per heavy atom. The van der Waals surface area contributed by atoms with E-state index in [0.29, 0.717) is 74.4 Å². The van der Waals surface area contributed by atoms with Gasteiger partial charge in [0, 0.05) is 57.9 Å². The number of benzene rings is 2. The number of nitrogens with one attached hydrogen (secondary N) is 5. The summed E-state index contributed by atoms with van der Waals surface area (Å²) in [6.45, 7) is 18.4. The Balaban J connectivity index is 0.000000180. The Hall–Kier alpha value is -7.86. The fraction of sp³-hybridized carbons (Fsp3) is 0.615. The van der Waals surface area contributed by atoms with E-state index in [0.717, 1.165) is 83.5 Å². The van der Waals surface area contributed by atoms with Crippen LogP contribution in [0.4, 0.5) is 9.59 Å². The van der Waals surface area contributed by atoms with Crippen molar-refractivity contribution in [1.82, 2.24) is 45.8 Å². The van der Waals surface area contributed by atoms with Crippen LogP contribution in [0.3, 0.4) is 0 Å². The molecule has 2 aromatic heterocycles. The van der Waals surface area contributed by atoms with Crippen molar-refractivity contribution in [3.05, 3.63) is 96.3 Å². The van der Waals surface area contributed by atoms with Crippen molar-refractivity contribution >= 4 is 113 Å². The minimum absolute atomic E-state index is 0.0115. The van der Waals surface area contributed by atoms with E-state index in [2.05, 4.69) is 49.1 Å². The summed E-state index contributed by atoms with van der Waals surface area (Å²) in [6.07, 6.45) is 18.9. The fourth-order valence-electron chi connectivity index (χ4n) is 15.9. The molecule has 27 nitrogen and oxygen atoms in total. The number of primary sulfonamides is 1. The van der Waals surface area contributed by atoms with Crippen LogP contribution in [0.15, 0.2) is 86.2 Å². The van der Waals surface area contributed by atoms with Crippen molar-refractivity contribution in [3.63, 3.8) is 0 Å². The summed E-state index contributed by atoms with van der Waals surface area (Å²) in [5.74, 6) is -3.16. The van der Waals surface area contributed by atoms with Crippen molar-refractivity contribution in [3.8, 4) is 11.5 Å². The molecular formula is C78H102Cl2N10O17S2. The van der Waals surface area contributed by atoms with Gasteiger partial charge in [-0.25, -0.2) is 36.4 Å².